The van der Waals surface area contributed by atoms with Crippen LogP contribution in [0.5, 0.6) is 0 Å². The van der Waals surface area contributed by atoms with Crippen LogP contribution in [-0.4, -0.2) is 4.98 Å². The monoisotopic (exact) mass is 261 g/mol. The highest BCUT2D eigenvalue weighted by atomic mass is 127. The molecule has 0 aliphatic rings. The average molecular weight is 261 g/mol. The summed E-state index contributed by atoms with van der Waals surface area (Å²) in [6.07, 6.45) is 1.96. The van der Waals surface area contributed by atoms with Crippen molar-refractivity contribution in [3.63, 3.8) is 0 Å². The van der Waals surface area contributed by atoms with Crippen LogP contribution in [0.2, 0.25) is 0 Å². The van der Waals surface area contributed by atoms with Gasteiger partial charge in [0.1, 0.15) is 0 Å². The van der Waals surface area contributed by atoms with E-state index in [-0.39, 0.29) is 0 Å². The zero-order valence-corrected chi connectivity index (χ0v) is 9.21. The molecule has 0 saturated carbocycles. The lowest BCUT2D eigenvalue weighted by Gasteiger charge is -2.05. The molecule has 0 aliphatic heterocycles. The summed E-state index contributed by atoms with van der Waals surface area (Å²) < 4.78 is 1.26. The van der Waals surface area contributed by atoms with Gasteiger partial charge in [-0.05, 0) is 47.1 Å². The van der Waals surface area contributed by atoms with E-state index >= 15 is 0 Å². The molecule has 0 aromatic carbocycles. The lowest BCUT2D eigenvalue weighted by atomic mass is 10.1. The van der Waals surface area contributed by atoms with Crippen molar-refractivity contribution in [2.24, 2.45) is 0 Å². The predicted molar refractivity (Wildman–Crippen MR) is 55.8 cm³/mol. The van der Waals surface area contributed by atoms with Crippen LogP contribution >= 0.6 is 22.6 Å². The van der Waals surface area contributed by atoms with E-state index in [1.54, 1.807) is 0 Å². The normalized spacial score (nSPS) is 10.6. The van der Waals surface area contributed by atoms with E-state index in [1.807, 2.05) is 13.1 Å². The number of rotatable bonds is 1. The van der Waals surface area contributed by atoms with Crippen LogP contribution in [0, 0.1) is 10.5 Å². The average Bonchev–Trinajstić information content (AvgIpc) is 1.94. The molecule has 0 spiro atoms. The smallest absolute Gasteiger partial charge is 0.0506 e. The van der Waals surface area contributed by atoms with Crippen molar-refractivity contribution < 1.29 is 0 Å². The SMILES string of the molecule is Cc1ncc(C(C)C)cc1I. The van der Waals surface area contributed by atoms with Crippen LogP contribution in [0.3, 0.4) is 0 Å². The van der Waals surface area contributed by atoms with Gasteiger partial charge in [-0.3, -0.25) is 4.98 Å². The van der Waals surface area contributed by atoms with E-state index in [0.29, 0.717) is 5.92 Å². The Labute approximate surface area is 81.4 Å². The van der Waals surface area contributed by atoms with Gasteiger partial charge in [0, 0.05) is 9.77 Å². The summed E-state index contributed by atoms with van der Waals surface area (Å²) in [5, 5.41) is 0. The van der Waals surface area contributed by atoms with Gasteiger partial charge >= 0.3 is 0 Å². The number of nitrogens with zero attached hydrogens (tertiary/aromatic N) is 1. The predicted octanol–water partition coefficient (Wildman–Crippen LogP) is 3.12. The Morgan fingerprint density at radius 1 is 1.45 bits per heavy atom. The molecule has 0 bridgehead atoms. The Morgan fingerprint density at radius 3 is 2.55 bits per heavy atom. The van der Waals surface area contributed by atoms with Gasteiger partial charge in [-0.25, -0.2) is 0 Å². The summed E-state index contributed by atoms with van der Waals surface area (Å²) >= 11 is 2.32. The molecule has 1 nitrogen and oxygen atoms in total. The number of hydrogen-bond acceptors (Lipinski definition) is 1. The highest BCUT2D eigenvalue weighted by Gasteiger charge is 2.01. The summed E-state index contributed by atoms with van der Waals surface area (Å²) in [5.74, 6) is 0.580. The molecule has 1 aromatic rings. The Bertz CT molecular complexity index is 256. The van der Waals surface area contributed by atoms with Crippen LogP contribution in [0.4, 0.5) is 0 Å². The Kier molecular flexibility index (Phi) is 2.87. The van der Waals surface area contributed by atoms with Gasteiger partial charge in [-0.1, -0.05) is 13.8 Å². The second-order valence-electron chi connectivity index (χ2n) is 2.99. The van der Waals surface area contributed by atoms with E-state index < -0.39 is 0 Å². The first-order chi connectivity index (χ1) is 5.11. The first-order valence-electron chi connectivity index (χ1n) is 3.73. The third-order valence-corrected chi connectivity index (χ3v) is 2.80. The molecule has 0 unspecified atom stereocenters. The van der Waals surface area contributed by atoms with Gasteiger partial charge in [0.05, 0.1) is 5.69 Å². The van der Waals surface area contributed by atoms with Crippen molar-refractivity contribution in [2.45, 2.75) is 26.7 Å². The first-order valence-corrected chi connectivity index (χ1v) is 4.81. The number of halogens is 1. The Morgan fingerprint density at radius 2 is 2.09 bits per heavy atom. The number of hydrogen-bond donors (Lipinski definition) is 0. The van der Waals surface area contributed by atoms with E-state index in [4.69, 9.17) is 0 Å². The molecule has 0 fully saturated rings. The van der Waals surface area contributed by atoms with E-state index in [1.165, 1.54) is 9.13 Å². The highest BCUT2D eigenvalue weighted by molar-refractivity contribution is 14.1. The van der Waals surface area contributed by atoms with E-state index in [2.05, 4.69) is 47.5 Å². The van der Waals surface area contributed by atoms with Crippen molar-refractivity contribution >= 4 is 22.6 Å². The Balaban J connectivity index is 3.05. The van der Waals surface area contributed by atoms with Crippen molar-refractivity contribution in [2.75, 3.05) is 0 Å². The molecule has 2 heteroatoms. The maximum absolute atomic E-state index is 4.29. The fourth-order valence-electron chi connectivity index (χ4n) is 0.837. The second kappa shape index (κ2) is 3.52. The molecule has 1 heterocycles. The highest BCUT2D eigenvalue weighted by Crippen LogP contribution is 2.17. The molecular formula is C9H12IN. The minimum absolute atomic E-state index is 0.580. The molecule has 0 radical (unpaired) electrons. The molecule has 0 atom stereocenters. The van der Waals surface area contributed by atoms with Gasteiger partial charge in [0.2, 0.25) is 0 Å². The molecule has 0 saturated heterocycles. The van der Waals surface area contributed by atoms with Gasteiger partial charge < -0.3 is 0 Å². The summed E-state index contributed by atoms with van der Waals surface area (Å²) in [7, 11) is 0. The van der Waals surface area contributed by atoms with Crippen molar-refractivity contribution in [1.82, 2.24) is 4.98 Å². The Hall–Kier alpha value is -0.120. The third-order valence-electron chi connectivity index (χ3n) is 1.71. The number of aromatic nitrogens is 1. The minimum Gasteiger partial charge on any atom is -0.260 e. The molecule has 60 valence electrons. The topological polar surface area (TPSA) is 12.9 Å². The standard InChI is InChI=1S/C9H12IN/c1-6(2)8-4-9(10)7(3)11-5-8/h4-6H,1-3H3. The molecule has 1 aromatic heterocycles. The van der Waals surface area contributed by atoms with Gasteiger partial charge in [-0.2, -0.15) is 0 Å². The fourth-order valence-corrected chi connectivity index (χ4v) is 1.34. The van der Waals surface area contributed by atoms with Gasteiger partial charge in [0.15, 0.2) is 0 Å². The van der Waals surface area contributed by atoms with E-state index in [9.17, 15) is 0 Å². The summed E-state index contributed by atoms with van der Waals surface area (Å²) in [6.45, 7) is 6.40. The first kappa shape index (κ1) is 8.97. The molecule has 0 aliphatic carbocycles. The van der Waals surface area contributed by atoms with Crippen LogP contribution in [0.25, 0.3) is 0 Å². The van der Waals surface area contributed by atoms with Crippen LogP contribution < -0.4 is 0 Å². The zero-order chi connectivity index (χ0) is 8.43. The zero-order valence-electron chi connectivity index (χ0n) is 7.06. The van der Waals surface area contributed by atoms with Crippen LogP contribution in [0.15, 0.2) is 12.3 Å². The van der Waals surface area contributed by atoms with Crippen molar-refractivity contribution in [3.8, 4) is 0 Å². The number of pyridine rings is 1. The molecule has 0 amide bonds. The lowest BCUT2D eigenvalue weighted by molar-refractivity contribution is 0.853. The minimum atomic E-state index is 0.580. The maximum atomic E-state index is 4.29. The lowest BCUT2D eigenvalue weighted by Crippen LogP contribution is -1.92. The maximum Gasteiger partial charge on any atom is 0.0506 e. The van der Waals surface area contributed by atoms with Crippen LogP contribution in [-0.2, 0) is 0 Å². The molecule has 1 rings (SSSR count). The fraction of sp³-hybridized carbons (Fsp3) is 0.444. The van der Waals surface area contributed by atoms with Gasteiger partial charge in [0.25, 0.3) is 0 Å². The molecule has 11 heavy (non-hydrogen) atoms. The quantitative estimate of drug-likeness (QED) is 0.708. The van der Waals surface area contributed by atoms with Gasteiger partial charge in [-0.15, -0.1) is 0 Å². The third kappa shape index (κ3) is 2.15. The second-order valence-corrected chi connectivity index (χ2v) is 4.15. The summed E-state index contributed by atoms with van der Waals surface area (Å²) in [6, 6.07) is 2.20. The molecule has 0 N–H and O–H groups in total. The van der Waals surface area contributed by atoms with Crippen molar-refractivity contribution in [1.29, 1.82) is 0 Å². The van der Waals surface area contributed by atoms with Crippen LogP contribution in [0.1, 0.15) is 31.0 Å². The van der Waals surface area contributed by atoms with E-state index in [0.717, 1.165) is 5.69 Å². The summed E-state index contributed by atoms with van der Waals surface area (Å²) in [4.78, 5) is 4.29. The van der Waals surface area contributed by atoms with Crippen molar-refractivity contribution in [3.05, 3.63) is 27.1 Å². The largest absolute Gasteiger partial charge is 0.260 e. The number of aryl methyl sites for hydroxylation is 1. The molecular weight excluding hydrogens is 249 g/mol. The summed E-state index contributed by atoms with van der Waals surface area (Å²) in [5.41, 5.74) is 2.44.